The Labute approximate surface area is 181 Å². The van der Waals surface area contributed by atoms with Gasteiger partial charge in [-0.3, -0.25) is 0 Å². The fraction of sp³-hybridized carbons (Fsp3) is 0.375. The molecule has 1 aliphatic rings. The molecule has 1 aromatic heterocycles. The Morgan fingerprint density at radius 1 is 1.32 bits per heavy atom. The van der Waals surface area contributed by atoms with Crippen LogP contribution in [-0.4, -0.2) is 35.0 Å². The van der Waals surface area contributed by atoms with Crippen LogP contribution in [-0.2, 0) is 6.42 Å². The zero-order chi connectivity index (χ0) is 21.8. The molecule has 0 fully saturated rings. The highest BCUT2D eigenvalue weighted by Gasteiger charge is 2.26. The molecule has 0 saturated heterocycles. The first-order valence-corrected chi connectivity index (χ1v) is 10.6. The first-order chi connectivity index (χ1) is 15.1. The van der Waals surface area contributed by atoms with Gasteiger partial charge >= 0.3 is 0 Å². The van der Waals surface area contributed by atoms with Gasteiger partial charge in [-0.2, -0.15) is 10.2 Å². The summed E-state index contributed by atoms with van der Waals surface area (Å²) >= 11 is 0. The van der Waals surface area contributed by atoms with Crippen molar-refractivity contribution >= 4 is 0 Å². The Morgan fingerprint density at radius 3 is 2.97 bits per heavy atom. The number of nitriles is 1. The molecule has 0 radical (unpaired) electrons. The number of fused-ring (bicyclic) bond motifs is 1. The van der Waals surface area contributed by atoms with Crippen molar-refractivity contribution in [1.29, 1.82) is 5.26 Å². The summed E-state index contributed by atoms with van der Waals surface area (Å²) in [4.78, 5) is 4.61. The molecule has 1 heterocycles. The molecule has 1 unspecified atom stereocenters. The van der Waals surface area contributed by atoms with Crippen LogP contribution in [0, 0.1) is 17.2 Å². The molecule has 2 N–H and O–H groups in total. The normalized spacial score (nSPS) is 15.1. The molecule has 7 heteroatoms. The van der Waals surface area contributed by atoms with Crippen LogP contribution in [0.2, 0.25) is 0 Å². The molecule has 4 rings (SSSR count). The Hall–Kier alpha value is -3.21. The lowest BCUT2D eigenvalue weighted by atomic mass is 10.0. The quantitative estimate of drug-likeness (QED) is 0.572. The van der Waals surface area contributed by atoms with E-state index in [4.69, 9.17) is 14.4 Å². The smallest absolute Gasteiger partial charge is 0.258 e. The molecule has 1 atom stereocenters. The largest absolute Gasteiger partial charge is 0.492 e. The predicted molar refractivity (Wildman–Crippen MR) is 116 cm³/mol. The highest BCUT2D eigenvalue weighted by atomic mass is 16.5. The maximum atomic E-state index is 9.51. The van der Waals surface area contributed by atoms with Gasteiger partial charge in [0, 0.05) is 23.7 Å². The minimum Gasteiger partial charge on any atom is -0.492 e. The molecule has 0 bridgehead atoms. The number of aliphatic hydroxyl groups is 1. The lowest BCUT2D eigenvalue weighted by Gasteiger charge is -2.13. The van der Waals surface area contributed by atoms with E-state index in [9.17, 15) is 5.26 Å². The second-order valence-electron chi connectivity index (χ2n) is 8.09. The Kier molecular flexibility index (Phi) is 6.31. The summed E-state index contributed by atoms with van der Waals surface area (Å²) in [7, 11) is 0. The van der Waals surface area contributed by atoms with Gasteiger partial charge in [-0.1, -0.05) is 37.2 Å². The molecule has 0 saturated carbocycles. The summed E-state index contributed by atoms with van der Waals surface area (Å²) in [6, 6.07) is 13.8. The summed E-state index contributed by atoms with van der Waals surface area (Å²) in [6.07, 6.45) is 1.89. The van der Waals surface area contributed by atoms with Gasteiger partial charge in [0.05, 0.1) is 18.8 Å². The van der Waals surface area contributed by atoms with E-state index in [1.165, 1.54) is 11.1 Å². The third-order valence-corrected chi connectivity index (χ3v) is 5.36. The average molecular weight is 418 g/mol. The maximum absolute atomic E-state index is 9.51. The van der Waals surface area contributed by atoms with Crippen molar-refractivity contribution in [3.05, 3.63) is 53.1 Å². The SMILES string of the molecule is CC(C)COc1ccc(-c2nc(-c3cccc4c3CCC4NCCO)no2)cc1C#N. The molecule has 2 aromatic carbocycles. The summed E-state index contributed by atoms with van der Waals surface area (Å²) < 4.78 is 11.3. The van der Waals surface area contributed by atoms with Crippen molar-refractivity contribution in [2.75, 3.05) is 19.8 Å². The van der Waals surface area contributed by atoms with Crippen LogP contribution in [0.25, 0.3) is 22.8 Å². The number of ether oxygens (including phenoxy) is 1. The summed E-state index contributed by atoms with van der Waals surface area (Å²) in [5.74, 6) is 1.83. The highest BCUT2D eigenvalue weighted by Crippen LogP contribution is 2.37. The number of hydrogen-bond donors (Lipinski definition) is 2. The first kappa shape index (κ1) is 21.0. The number of nitrogens with one attached hydrogen (secondary N) is 1. The van der Waals surface area contributed by atoms with Crippen LogP contribution in [0.3, 0.4) is 0 Å². The number of aromatic nitrogens is 2. The maximum Gasteiger partial charge on any atom is 0.258 e. The summed E-state index contributed by atoms with van der Waals surface area (Å²) in [6.45, 7) is 5.35. The lowest BCUT2D eigenvalue weighted by Crippen LogP contribution is -2.22. The Morgan fingerprint density at radius 2 is 2.19 bits per heavy atom. The number of hydrogen-bond acceptors (Lipinski definition) is 7. The molecule has 0 amide bonds. The van der Waals surface area contributed by atoms with E-state index >= 15 is 0 Å². The van der Waals surface area contributed by atoms with E-state index < -0.39 is 0 Å². The van der Waals surface area contributed by atoms with Crippen molar-refractivity contribution in [1.82, 2.24) is 15.5 Å². The molecule has 1 aliphatic carbocycles. The fourth-order valence-corrected chi connectivity index (χ4v) is 3.90. The number of rotatable bonds is 8. The van der Waals surface area contributed by atoms with Gasteiger partial charge in [-0.05, 0) is 48.1 Å². The topological polar surface area (TPSA) is 104 Å². The van der Waals surface area contributed by atoms with Gasteiger partial charge in [0.25, 0.3) is 5.89 Å². The van der Waals surface area contributed by atoms with E-state index in [-0.39, 0.29) is 12.6 Å². The summed E-state index contributed by atoms with van der Waals surface area (Å²) in [5, 5.41) is 26.2. The second-order valence-corrected chi connectivity index (χ2v) is 8.09. The minimum absolute atomic E-state index is 0.117. The zero-order valence-corrected chi connectivity index (χ0v) is 17.8. The third kappa shape index (κ3) is 4.46. The molecular formula is C24H26N4O3. The van der Waals surface area contributed by atoms with Crippen LogP contribution in [0.15, 0.2) is 40.9 Å². The van der Waals surface area contributed by atoms with Crippen molar-refractivity contribution in [3.63, 3.8) is 0 Å². The molecule has 0 aliphatic heterocycles. The fourth-order valence-electron chi connectivity index (χ4n) is 3.90. The van der Waals surface area contributed by atoms with Crippen LogP contribution >= 0.6 is 0 Å². The van der Waals surface area contributed by atoms with Gasteiger partial charge in [0.2, 0.25) is 5.82 Å². The van der Waals surface area contributed by atoms with E-state index in [1.54, 1.807) is 12.1 Å². The van der Waals surface area contributed by atoms with Crippen molar-refractivity contribution in [3.8, 4) is 34.7 Å². The van der Waals surface area contributed by atoms with E-state index in [1.807, 2.05) is 18.2 Å². The van der Waals surface area contributed by atoms with Crippen molar-refractivity contribution in [2.45, 2.75) is 32.7 Å². The summed E-state index contributed by atoms with van der Waals surface area (Å²) in [5.41, 5.74) is 4.51. The molecule has 7 nitrogen and oxygen atoms in total. The van der Waals surface area contributed by atoms with E-state index in [0.717, 1.165) is 18.4 Å². The first-order valence-electron chi connectivity index (χ1n) is 10.6. The lowest BCUT2D eigenvalue weighted by molar-refractivity contribution is 0.270. The second kappa shape index (κ2) is 9.29. The zero-order valence-electron chi connectivity index (χ0n) is 17.8. The third-order valence-electron chi connectivity index (χ3n) is 5.36. The number of benzene rings is 2. The molecule has 3 aromatic rings. The minimum atomic E-state index is 0.117. The van der Waals surface area contributed by atoms with Crippen LogP contribution in [0.1, 0.15) is 43.0 Å². The van der Waals surface area contributed by atoms with Crippen molar-refractivity contribution in [2.24, 2.45) is 5.92 Å². The monoisotopic (exact) mass is 418 g/mol. The van der Waals surface area contributed by atoms with Gasteiger partial charge < -0.3 is 19.7 Å². The Bertz CT molecular complexity index is 1100. The molecule has 31 heavy (non-hydrogen) atoms. The standard InChI is InChI=1S/C24H26N4O3/c1-15(2)14-30-22-9-6-16(12-17(22)13-25)24-27-23(28-31-24)20-5-3-4-19-18(20)7-8-21(19)26-10-11-29/h3-6,9,12,15,21,26,29H,7-8,10-11,14H2,1-2H3. The highest BCUT2D eigenvalue weighted by molar-refractivity contribution is 5.67. The average Bonchev–Trinajstić information content (AvgIpc) is 3.43. The molecule has 0 spiro atoms. The van der Waals surface area contributed by atoms with Gasteiger partial charge in [-0.15, -0.1) is 0 Å². The predicted octanol–water partition coefficient (Wildman–Crippen LogP) is 3.88. The van der Waals surface area contributed by atoms with Gasteiger partial charge in [0.15, 0.2) is 0 Å². The Balaban J connectivity index is 1.60. The van der Waals surface area contributed by atoms with E-state index in [2.05, 4.69) is 41.4 Å². The number of aliphatic hydroxyl groups excluding tert-OH is 1. The van der Waals surface area contributed by atoms with Crippen molar-refractivity contribution < 1.29 is 14.4 Å². The van der Waals surface area contributed by atoms with Crippen LogP contribution in [0.4, 0.5) is 0 Å². The van der Waals surface area contributed by atoms with Crippen LogP contribution in [0.5, 0.6) is 5.75 Å². The van der Waals surface area contributed by atoms with Crippen LogP contribution < -0.4 is 10.1 Å². The number of nitrogens with zero attached hydrogens (tertiary/aromatic N) is 3. The van der Waals surface area contributed by atoms with E-state index in [0.29, 0.717) is 47.7 Å². The molecule has 160 valence electrons. The molecular weight excluding hydrogens is 392 g/mol. The van der Waals surface area contributed by atoms with Gasteiger partial charge in [-0.25, -0.2) is 0 Å². The van der Waals surface area contributed by atoms with Gasteiger partial charge in [0.1, 0.15) is 11.8 Å².